The summed E-state index contributed by atoms with van der Waals surface area (Å²) in [6.07, 6.45) is 20.2. The second kappa shape index (κ2) is 25.8. The molecule has 0 aliphatic heterocycles. The Bertz CT molecular complexity index is 293. The van der Waals surface area contributed by atoms with Crippen LogP contribution in [0.1, 0.15) is 103 Å². The number of nitrogens with one attached hydrogen (secondary N) is 1. The van der Waals surface area contributed by atoms with Crippen LogP contribution in [0.4, 0.5) is 0 Å². The Balaban J connectivity index is 3.09. The van der Waals surface area contributed by atoms with E-state index in [4.69, 9.17) is 15.2 Å². The first-order valence-corrected chi connectivity index (χ1v) is 12.6. The molecule has 0 aromatic carbocycles. The molecule has 0 aromatic rings. The Labute approximate surface area is 181 Å². The normalized spacial score (nSPS) is 12.5. The molecule has 1 atom stereocenters. The van der Waals surface area contributed by atoms with Gasteiger partial charge in [0.15, 0.2) is 0 Å². The zero-order valence-corrected chi connectivity index (χ0v) is 19.5. The number of nitrogens with two attached hydrogens (primary N) is 1. The van der Waals surface area contributed by atoms with Crippen molar-refractivity contribution in [3.05, 3.63) is 0 Å². The number of hydrogen-bond acceptors (Lipinski definition) is 5. The third kappa shape index (κ3) is 25.8. The molecular weight excluding hydrogens is 364 g/mol. The molecule has 0 heterocycles. The summed E-state index contributed by atoms with van der Waals surface area (Å²) < 4.78 is 10.8. The third-order valence-corrected chi connectivity index (χ3v) is 5.27. The van der Waals surface area contributed by atoms with E-state index in [1.807, 2.05) is 0 Å². The van der Waals surface area contributed by atoms with E-state index >= 15 is 0 Å². The van der Waals surface area contributed by atoms with Crippen LogP contribution in [0, 0.1) is 0 Å². The highest BCUT2D eigenvalue weighted by molar-refractivity contribution is 4.58. The maximum atomic E-state index is 9.83. The second-order valence-electron chi connectivity index (χ2n) is 8.28. The van der Waals surface area contributed by atoms with Crippen molar-refractivity contribution in [3.63, 3.8) is 0 Å². The van der Waals surface area contributed by atoms with Crippen LogP contribution in [-0.2, 0) is 9.47 Å². The molecule has 0 bridgehead atoms. The summed E-state index contributed by atoms with van der Waals surface area (Å²) in [7, 11) is 0. The Morgan fingerprint density at radius 1 is 0.690 bits per heavy atom. The van der Waals surface area contributed by atoms with Crippen LogP contribution >= 0.6 is 0 Å². The Kier molecular flexibility index (Phi) is 25.7. The fourth-order valence-electron chi connectivity index (χ4n) is 3.45. The largest absolute Gasteiger partial charge is 0.389 e. The van der Waals surface area contributed by atoms with E-state index < -0.39 is 6.10 Å². The van der Waals surface area contributed by atoms with Crippen molar-refractivity contribution >= 4 is 0 Å². The van der Waals surface area contributed by atoms with E-state index in [1.54, 1.807) is 0 Å². The summed E-state index contributed by atoms with van der Waals surface area (Å²) in [6.45, 7) is 6.50. The topological polar surface area (TPSA) is 76.7 Å². The highest BCUT2D eigenvalue weighted by atomic mass is 16.5. The molecule has 0 spiro atoms. The lowest BCUT2D eigenvalue weighted by atomic mass is 10.0. The van der Waals surface area contributed by atoms with Gasteiger partial charge in [0, 0.05) is 26.2 Å². The van der Waals surface area contributed by atoms with E-state index in [2.05, 4.69) is 12.2 Å². The molecular formula is C24H52N2O3. The van der Waals surface area contributed by atoms with Gasteiger partial charge in [-0.15, -0.1) is 0 Å². The molecule has 5 heteroatoms. The lowest BCUT2D eigenvalue weighted by molar-refractivity contribution is 0.0343. The summed E-state index contributed by atoms with van der Waals surface area (Å²) in [5, 5.41) is 13.0. The van der Waals surface area contributed by atoms with Crippen LogP contribution in [0.2, 0.25) is 0 Å². The number of aliphatic hydroxyl groups excluding tert-OH is 1. The van der Waals surface area contributed by atoms with Gasteiger partial charge in [0.1, 0.15) is 0 Å². The van der Waals surface area contributed by atoms with Crippen molar-refractivity contribution in [2.24, 2.45) is 5.73 Å². The molecule has 176 valence electrons. The minimum Gasteiger partial charge on any atom is -0.389 e. The fraction of sp³-hybridized carbons (Fsp3) is 1.00. The van der Waals surface area contributed by atoms with Crippen LogP contribution in [0.5, 0.6) is 0 Å². The molecule has 0 saturated carbocycles. The van der Waals surface area contributed by atoms with Gasteiger partial charge in [-0.25, -0.2) is 0 Å². The Morgan fingerprint density at radius 3 is 1.72 bits per heavy atom. The minimum atomic E-state index is -0.444. The zero-order valence-electron chi connectivity index (χ0n) is 19.5. The van der Waals surface area contributed by atoms with Crippen molar-refractivity contribution in [2.75, 3.05) is 46.1 Å². The van der Waals surface area contributed by atoms with Gasteiger partial charge in [-0.05, 0) is 6.42 Å². The second-order valence-corrected chi connectivity index (χ2v) is 8.28. The summed E-state index contributed by atoms with van der Waals surface area (Å²) in [6, 6.07) is 0. The van der Waals surface area contributed by atoms with Crippen LogP contribution in [0.25, 0.3) is 0 Å². The minimum absolute atomic E-state index is 0.412. The molecule has 0 radical (unpaired) electrons. The maximum absolute atomic E-state index is 9.83. The van der Waals surface area contributed by atoms with Crippen LogP contribution in [0.15, 0.2) is 0 Å². The molecule has 0 aliphatic carbocycles. The molecule has 29 heavy (non-hydrogen) atoms. The molecule has 0 amide bonds. The monoisotopic (exact) mass is 416 g/mol. The molecule has 0 rings (SSSR count). The van der Waals surface area contributed by atoms with E-state index in [-0.39, 0.29) is 0 Å². The number of hydrogen-bond donors (Lipinski definition) is 3. The predicted octanol–water partition coefficient (Wildman–Crippen LogP) is 4.80. The van der Waals surface area contributed by atoms with Gasteiger partial charge in [-0.2, -0.15) is 0 Å². The lowest BCUT2D eigenvalue weighted by Crippen LogP contribution is -2.32. The highest BCUT2D eigenvalue weighted by Crippen LogP contribution is 2.13. The van der Waals surface area contributed by atoms with E-state index in [0.29, 0.717) is 32.9 Å². The summed E-state index contributed by atoms with van der Waals surface area (Å²) >= 11 is 0. The molecule has 5 nitrogen and oxygen atoms in total. The van der Waals surface area contributed by atoms with Crippen molar-refractivity contribution < 1.29 is 14.6 Å². The number of rotatable bonds is 25. The first-order valence-electron chi connectivity index (χ1n) is 12.6. The molecule has 0 fully saturated rings. The van der Waals surface area contributed by atoms with Gasteiger partial charge in [-0.1, -0.05) is 96.8 Å². The van der Waals surface area contributed by atoms with Gasteiger partial charge in [0.2, 0.25) is 0 Å². The smallest absolute Gasteiger partial charge is 0.0897 e. The van der Waals surface area contributed by atoms with Crippen molar-refractivity contribution in [1.29, 1.82) is 0 Å². The average Bonchev–Trinajstić information content (AvgIpc) is 2.73. The van der Waals surface area contributed by atoms with Gasteiger partial charge in [-0.3, -0.25) is 0 Å². The van der Waals surface area contributed by atoms with Crippen LogP contribution in [-0.4, -0.2) is 57.3 Å². The van der Waals surface area contributed by atoms with Gasteiger partial charge in [0.25, 0.3) is 0 Å². The Morgan fingerprint density at radius 2 is 1.21 bits per heavy atom. The van der Waals surface area contributed by atoms with Crippen molar-refractivity contribution in [2.45, 2.75) is 109 Å². The molecule has 0 saturated heterocycles. The standard InChI is InChI=1S/C24H52N2O3/c1-2-3-4-5-6-7-8-9-10-11-12-13-14-15-16-19-29-23-24(27)22-26-18-21-28-20-17-25/h24,26-27H,2-23,25H2,1H3. The Hall–Kier alpha value is -0.200. The number of aliphatic hydroxyl groups is 1. The quantitative estimate of drug-likeness (QED) is 0.186. The van der Waals surface area contributed by atoms with E-state index in [0.717, 1.165) is 19.6 Å². The van der Waals surface area contributed by atoms with Gasteiger partial charge < -0.3 is 25.6 Å². The average molecular weight is 417 g/mol. The summed E-state index contributed by atoms with van der Waals surface area (Å²) in [4.78, 5) is 0. The predicted molar refractivity (Wildman–Crippen MR) is 124 cm³/mol. The third-order valence-electron chi connectivity index (χ3n) is 5.27. The number of unbranched alkanes of at least 4 members (excludes halogenated alkanes) is 14. The van der Waals surface area contributed by atoms with E-state index in [9.17, 15) is 5.11 Å². The summed E-state index contributed by atoms with van der Waals surface area (Å²) in [5.74, 6) is 0. The van der Waals surface area contributed by atoms with E-state index in [1.165, 1.54) is 89.9 Å². The zero-order chi connectivity index (χ0) is 21.3. The summed E-state index contributed by atoms with van der Waals surface area (Å²) in [5.41, 5.74) is 5.34. The van der Waals surface area contributed by atoms with Gasteiger partial charge in [0.05, 0.1) is 25.9 Å². The van der Waals surface area contributed by atoms with Crippen molar-refractivity contribution in [1.82, 2.24) is 5.32 Å². The molecule has 0 aliphatic rings. The molecule has 4 N–H and O–H groups in total. The van der Waals surface area contributed by atoms with Crippen LogP contribution < -0.4 is 11.1 Å². The SMILES string of the molecule is CCCCCCCCCCCCCCCCCOCC(O)CNCCOCCN. The highest BCUT2D eigenvalue weighted by Gasteiger charge is 2.03. The fourth-order valence-corrected chi connectivity index (χ4v) is 3.45. The molecule has 1 unspecified atom stereocenters. The lowest BCUT2D eigenvalue weighted by Gasteiger charge is -2.12. The van der Waals surface area contributed by atoms with Crippen LogP contribution in [0.3, 0.4) is 0 Å². The van der Waals surface area contributed by atoms with Gasteiger partial charge >= 0.3 is 0 Å². The molecule has 0 aromatic heterocycles. The first-order chi connectivity index (χ1) is 14.3. The first kappa shape index (κ1) is 28.8. The maximum Gasteiger partial charge on any atom is 0.0897 e. The van der Waals surface area contributed by atoms with Crippen molar-refractivity contribution in [3.8, 4) is 0 Å². The number of ether oxygens (including phenoxy) is 2.